The zero-order chi connectivity index (χ0) is 26.6. The molecule has 14 heteroatoms. The van der Waals surface area contributed by atoms with Gasteiger partial charge in [-0.1, -0.05) is 45.0 Å². The molecule has 0 aromatic carbocycles. The summed E-state index contributed by atoms with van der Waals surface area (Å²) in [5.41, 5.74) is 7.09. The summed E-state index contributed by atoms with van der Waals surface area (Å²) in [5.74, 6) is -2.00. The van der Waals surface area contributed by atoms with Crippen LogP contribution in [-0.2, 0) is 9.59 Å². The Morgan fingerprint density at radius 3 is 2.31 bits per heavy atom. The Labute approximate surface area is 207 Å². The number of nitrogens with two attached hydrogens (primary N) is 1. The molecule has 0 aromatic rings. The molecule has 0 spiro atoms. The van der Waals surface area contributed by atoms with Gasteiger partial charge in [-0.25, -0.2) is 15.1 Å². The monoisotopic (exact) mass is 497 g/mol. The molecule has 0 radical (unpaired) electrons. The Bertz CT molecular complexity index is 715. The van der Waals surface area contributed by atoms with E-state index in [9.17, 15) is 29.8 Å². The molecule has 7 N–H and O–H groups in total. The maximum absolute atomic E-state index is 12.8. The molecule has 0 aromatic heterocycles. The highest BCUT2D eigenvalue weighted by Gasteiger charge is 2.29. The molecular formula is C21H40BN7O6. The number of aliphatic imine (C=N–C) groups is 1. The van der Waals surface area contributed by atoms with Crippen molar-refractivity contribution < 1.29 is 24.7 Å². The third-order valence-electron chi connectivity index (χ3n) is 5.15. The molecule has 35 heavy (non-hydrogen) atoms. The number of guanidine groups is 1. The number of unbranched alkanes of at least 4 members (excludes halogenated alkanes) is 6. The van der Waals surface area contributed by atoms with Crippen LogP contribution in [0.5, 0.6) is 0 Å². The number of nitriles is 1. The minimum absolute atomic E-state index is 0.0934. The zero-order valence-electron chi connectivity index (χ0n) is 20.7. The molecule has 0 fully saturated rings. The van der Waals surface area contributed by atoms with E-state index in [-0.39, 0.29) is 37.2 Å². The van der Waals surface area contributed by atoms with E-state index in [0.717, 1.165) is 32.1 Å². The van der Waals surface area contributed by atoms with E-state index in [1.807, 2.05) is 13.8 Å². The first kappa shape index (κ1) is 32.1. The second-order valence-corrected chi connectivity index (χ2v) is 8.84. The standard InChI is InChI=1S/C21H40BN7O6/c1-16(2)15-18(22(32)33)27-20(31)17(11-10-14-25-21(24)28-29(34)35)26-19(30)12-8-6-4-3-5-7-9-13-23/h16-18,32-33H,3-12,14-15H2,1-2H3,(H,26,30)(H,27,31)(H3,24,25,28)/t17-,18-/m0/s1. The van der Waals surface area contributed by atoms with Crippen molar-refractivity contribution in [1.82, 2.24) is 16.1 Å². The molecule has 0 heterocycles. The summed E-state index contributed by atoms with van der Waals surface area (Å²) in [6.45, 7) is 3.85. The maximum Gasteiger partial charge on any atom is 0.475 e. The second kappa shape index (κ2) is 19.4. The number of carbonyl (C=O) groups excluding carboxylic acids is 2. The van der Waals surface area contributed by atoms with Crippen molar-refractivity contribution in [2.75, 3.05) is 6.54 Å². The first-order valence-corrected chi connectivity index (χ1v) is 12.1. The van der Waals surface area contributed by atoms with Crippen LogP contribution in [0.3, 0.4) is 0 Å². The summed E-state index contributed by atoms with van der Waals surface area (Å²) in [6.07, 6.45) is 6.99. The smallest absolute Gasteiger partial charge is 0.426 e. The predicted octanol–water partition coefficient (Wildman–Crippen LogP) is 0.535. The van der Waals surface area contributed by atoms with E-state index in [1.54, 1.807) is 5.43 Å². The molecule has 198 valence electrons. The van der Waals surface area contributed by atoms with Gasteiger partial charge in [0, 0.05) is 19.4 Å². The Balaban J connectivity index is 4.82. The average molecular weight is 497 g/mol. The summed E-state index contributed by atoms with van der Waals surface area (Å²) in [5, 5.41) is 42.5. The average Bonchev–Trinajstić information content (AvgIpc) is 2.76. The SMILES string of the molecule is CC(C)C[C@H](NC(=O)[C@H](CCCN=C(N)N[N+](=O)[O-])NC(=O)CCCCCCCCC#N)B(O)O. The molecule has 13 nitrogen and oxygen atoms in total. The van der Waals surface area contributed by atoms with Crippen molar-refractivity contribution in [3.8, 4) is 6.07 Å². The fourth-order valence-electron chi connectivity index (χ4n) is 3.40. The minimum atomic E-state index is -1.75. The van der Waals surface area contributed by atoms with Crippen LogP contribution in [0.2, 0.25) is 0 Å². The van der Waals surface area contributed by atoms with Crippen molar-refractivity contribution in [3.63, 3.8) is 0 Å². The normalized spacial score (nSPS) is 13.0. The number of nitro groups is 1. The van der Waals surface area contributed by atoms with Gasteiger partial charge in [0.2, 0.25) is 11.8 Å². The highest BCUT2D eigenvalue weighted by molar-refractivity contribution is 6.43. The van der Waals surface area contributed by atoms with E-state index in [4.69, 9.17) is 11.0 Å². The van der Waals surface area contributed by atoms with Crippen LogP contribution in [0.15, 0.2) is 4.99 Å². The molecule has 0 aliphatic heterocycles. The van der Waals surface area contributed by atoms with Crippen LogP contribution >= 0.6 is 0 Å². The van der Waals surface area contributed by atoms with Crippen molar-refractivity contribution in [2.45, 2.75) is 96.5 Å². The fourth-order valence-corrected chi connectivity index (χ4v) is 3.40. The lowest BCUT2D eigenvalue weighted by atomic mass is 9.75. The van der Waals surface area contributed by atoms with Gasteiger partial charge in [-0.3, -0.25) is 9.59 Å². The van der Waals surface area contributed by atoms with Crippen molar-refractivity contribution in [1.29, 1.82) is 5.26 Å². The van der Waals surface area contributed by atoms with Crippen LogP contribution in [0.1, 0.15) is 84.5 Å². The maximum atomic E-state index is 12.8. The molecule has 0 bridgehead atoms. The molecule has 0 aliphatic rings. The van der Waals surface area contributed by atoms with E-state index in [0.29, 0.717) is 25.7 Å². The lowest BCUT2D eigenvalue weighted by Crippen LogP contribution is -2.54. The second-order valence-electron chi connectivity index (χ2n) is 8.84. The summed E-state index contributed by atoms with van der Waals surface area (Å²) in [7, 11) is -1.75. The number of hydrazine groups is 1. The Hall–Kier alpha value is -2.92. The predicted molar refractivity (Wildman–Crippen MR) is 132 cm³/mol. The van der Waals surface area contributed by atoms with Gasteiger partial charge in [-0.05, 0) is 38.0 Å². The zero-order valence-corrected chi connectivity index (χ0v) is 20.7. The lowest BCUT2D eigenvalue weighted by Gasteiger charge is -2.24. The summed E-state index contributed by atoms with van der Waals surface area (Å²) < 4.78 is 0. The number of carbonyl (C=O) groups is 2. The minimum Gasteiger partial charge on any atom is -0.426 e. The number of hydrogen-bond donors (Lipinski definition) is 6. The van der Waals surface area contributed by atoms with E-state index >= 15 is 0 Å². The van der Waals surface area contributed by atoms with Crippen LogP contribution in [0.4, 0.5) is 0 Å². The number of nitrogens with one attached hydrogen (secondary N) is 3. The van der Waals surface area contributed by atoms with Gasteiger partial charge in [0.15, 0.2) is 5.03 Å². The Morgan fingerprint density at radius 2 is 1.74 bits per heavy atom. The topological polar surface area (TPSA) is 216 Å². The van der Waals surface area contributed by atoms with Crippen LogP contribution < -0.4 is 21.8 Å². The fraction of sp³-hybridized carbons (Fsp3) is 0.810. The van der Waals surface area contributed by atoms with Crippen molar-refractivity contribution in [3.05, 3.63) is 10.1 Å². The molecule has 0 rings (SSSR count). The van der Waals surface area contributed by atoms with Crippen LogP contribution in [0.25, 0.3) is 0 Å². The van der Waals surface area contributed by atoms with Crippen LogP contribution in [0, 0.1) is 27.4 Å². The lowest BCUT2D eigenvalue weighted by molar-refractivity contribution is -0.525. The van der Waals surface area contributed by atoms with Gasteiger partial charge < -0.3 is 26.4 Å². The van der Waals surface area contributed by atoms with Gasteiger partial charge in [0.1, 0.15) is 6.04 Å². The molecule has 2 atom stereocenters. The number of amides is 2. The van der Waals surface area contributed by atoms with Crippen LogP contribution in [-0.4, -0.2) is 58.5 Å². The van der Waals surface area contributed by atoms with Gasteiger partial charge in [-0.2, -0.15) is 5.26 Å². The van der Waals surface area contributed by atoms with Gasteiger partial charge >= 0.3 is 7.12 Å². The van der Waals surface area contributed by atoms with Crippen molar-refractivity contribution in [2.24, 2.45) is 16.6 Å². The van der Waals surface area contributed by atoms with E-state index in [2.05, 4.69) is 21.7 Å². The molecule has 0 saturated carbocycles. The highest BCUT2D eigenvalue weighted by Crippen LogP contribution is 2.10. The molecular weight excluding hydrogens is 457 g/mol. The van der Waals surface area contributed by atoms with Crippen molar-refractivity contribution >= 4 is 24.9 Å². The third kappa shape index (κ3) is 18.1. The van der Waals surface area contributed by atoms with Gasteiger partial charge in [-0.15, -0.1) is 0 Å². The first-order valence-electron chi connectivity index (χ1n) is 12.1. The number of rotatable bonds is 19. The van der Waals surface area contributed by atoms with E-state index < -0.39 is 30.0 Å². The number of hydrogen-bond acceptors (Lipinski definition) is 8. The number of nitrogens with zero attached hydrogens (tertiary/aromatic N) is 3. The van der Waals surface area contributed by atoms with E-state index in [1.165, 1.54) is 0 Å². The summed E-state index contributed by atoms with van der Waals surface area (Å²) in [4.78, 5) is 39.4. The molecule has 2 amide bonds. The Kier molecular flexibility index (Phi) is 17.8. The summed E-state index contributed by atoms with van der Waals surface area (Å²) in [6, 6.07) is 1.18. The quantitative estimate of drug-likeness (QED) is 0.0366. The largest absolute Gasteiger partial charge is 0.475 e. The summed E-state index contributed by atoms with van der Waals surface area (Å²) >= 11 is 0. The van der Waals surface area contributed by atoms with Gasteiger partial charge in [0.05, 0.1) is 12.0 Å². The Morgan fingerprint density at radius 1 is 1.11 bits per heavy atom. The molecule has 0 saturated heterocycles. The first-order chi connectivity index (χ1) is 16.6. The highest BCUT2D eigenvalue weighted by atomic mass is 16.7. The van der Waals surface area contributed by atoms with Gasteiger partial charge in [0.25, 0.3) is 5.96 Å². The molecule has 0 aliphatic carbocycles. The molecule has 0 unspecified atom stereocenters. The third-order valence-corrected chi connectivity index (χ3v) is 5.15.